The van der Waals surface area contributed by atoms with Crippen LogP contribution in [0.25, 0.3) is 0 Å². The fourth-order valence-electron chi connectivity index (χ4n) is 2.14. The van der Waals surface area contributed by atoms with Crippen molar-refractivity contribution in [3.05, 3.63) is 59.7 Å². The summed E-state index contributed by atoms with van der Waals surface area (Å²) in [6.07, 6.45) is 0.342. The second-order valence-corrected chi connectivity index (χ2v) is 4.63. The number of ether oxygens (including phenoxy) is 1. The average molecular weight is 267 g/mol. The van der Waals surface area contributed by atoms with Gasteiger partial charge in [0.2, 0.25) is 0 Å². The van der Waals surface area contributed by atoms with Crippen LogP contribution >= 0.6 is 0 Å². The van der Waals surface area contributed by atoms with Crippen LogP contribution in [0.1, 0.15) is 15.9 Å². The van der Waals surface area contributed by atoms with Gasteiger partial charge in [0.25, 0.3) is 5.91 Å². The number of carbonyl (C=O) groups excluding carboxylic acids is 2. The Kier molecular flexibility index (Phi) is 3.21. The van der Waals surface area contributed by atoms with Crippen LogP contribution in [0.3, 0.4) is 0 Å². The van der Waals surface area contributed by atoms with Crippen LogP contribution in [0, 0.1) is 0 Å². The standard InChI is InChI=1S/C16H13NO3/c18-14(8-11-4-2-1-3-5-11)12-6-7-15-13(9-12)17-16(19)10-20-15/h1-7,9H,8,10H2,(H,17,19). The fourth-order valence-corrected chi connectivity index (χ4v) is 2.14. The quantitative estimate of drug-likeness (QED) is 0.869. The number of amides is 1. The van der Waals surface area contributed by atoms with Crippen molar-refractivity contribution in [2.45, 2.75) is 6.42 Å². The van der Waals surface area contributed by atoms with E-state index in [0.29, 0.717) is 23.4 Å². The van der Waals surface area contributed by atoms with Crippen molar-refractivity contribution in [3.63, 3.8) is 0 Å². The smallest absolute Gasteiger partial charge is 0.262 e. The topological polar surface area (TPSA) is 55.4 Å². The third kappa shape index (κ3) is 2.54. The molecule has 4 nitrogen and oxygen atoms in total. The second kappa shape index (κ2) is 5.17. The number of fused-ring (bicyclic) bond motifs is 1. The summed E-state index contributed by atoms with van der Waals surface area (Å²) >= 11 is 0. The highest BCUT2D eigenvalue weighted by atomic mass is 16.5. The fraction of sp³-hybridized carbons (Fsp3) is 0.125. The molecule has 0 atom stereocenters. The summed E-state index contributed by atoms with van der Waals surface area (Å²) in [5, 5.41) is 2.70. The van der Waals surface area contributed by atoms with Gasteiger partial charge in [0.1, 0.15) is 5.75 Å². The highest BCUT2D eigenvalue weighted by molar-refractivity contribution is 6.01. The maximum atomic E-state index is 12.2. The summed E-state index contributed by atoms with van der Waals surface area (Å²) in [4.78, 5) is 23.5. The molecule has 100 valence electrons. The number of carbonyl (C=O) groups is 2. The maximum absolute atomic E-state index is 12.2. The molecule has 0 saturated carbocycles. The van der Waals surface area contributed by atoms with E-state index < -0.39 is 0 Å². The summed E-state index contributed by atoms with van der Waals surface area (Å²) in [6.45, 7) is 0.0182. The number of ketones is 1. The molecule has 1 aliphatic rings. The molecule has 0 radical (unpaired) electrons. The molecule has 0 bridgehead atoms. The minimum atomic E-state index is -0.204. The van der Waals surface area contributed by atoms with E-state index in [4.69, 9.17) is 4.74 Å². The van der Waals surface area contributed by atoms with Crippen LogP contribution in [0.4, 0.5) is 5.69 Å². The largest absolute Gasteiger partial charge is 0.482 e. The lowest BCUT2D eigenvalue weighted by Gasteiger charge is -2.18. The van der Waals surface area contributed by atoms with Gasteiger partial charge < -0.3 is 10.1 Å². The van der Waals surface area contributed by atoms with Crippen LogP contribution < -0.4 is 10.1 Å². The Bertz CT molecular complexity index is 665. The SMILES string of the molecule is O=C1COc2ccc(C(=O)Cc3ccccc3)cc2N1. The average Bonchev–Trinajstić information content (AvgIpc) is 2.47. The molecule has 0 aromatic heterocycles. The third-order valence-electron chi connectivity index (χ3n) is 3.14. The number of Topliss-reactive ketones (excluding diaryl/α,β-unsaturated/α-hetero) is 1. The van der Waals surface area contributed by atoms with Crippen molar-refractivity contribution in [3.8, 4) is 5.75 Å². The Balaban J connectivity index is 1.82. The van der Waals surface area contributed by atoms with E-state index in [1.54, 1.807) is 18.2 Å². The molecule has 20 heavy (non-hydrogen) atoms. The molecule has 0 saturated heterocycles. The lowest BCUT2D eigenvalue weighted by Crippen LogP contribution is -2.25. The first kappa shape index (κ1) is 12.4. The molecule has 0 unspecified atom stereocenters. The van der Waals surface area contributed by atoms with Gasteiger partial charge in [-0.1, -0.05) is 30.3 Å². The number of nitrogens with one attached hydrogen (secondary N) is 1. The van der Waals surface area contributed by atoms with Crippen molar-refractivity contribution in [2.24, 2.45) is 0 Å². The molecular weight excluding hydrogens is 254 g/mol. The Morgan fingerprint density at radius 3 is 2.75 bits per heavy atom. The van der Waals surface area contributed by atoms with Crippen molar-refractivity contribution < 1.29 is 14.3 Å². The molecule has 2 aromatic carbocycles. The molecule has 1 aliphatic heterocycles. The van der Waals surface area contributed by atoms with Crippen molar-refractivity contribution in [2.75, 3.05) is 11.9 Å². The zero-order valence-electron chi connectivity index (χ0n) is 10.8. The number of hydrogen-bond donors (Lipinski definition) is 1. The molecule has 0 spiro atoms. The van der Waals surface area contributed by atoms with Gasteiger partial charge in [-0.05, 0) is 23.8 Å². The van der Waals surface area contributed by atoms with E-state index in [0.717, 1.165) is 5.56 Å². The first-order valence-electron chi connectivity index (χ1n) is 6.36. The molecule has 1 amide bonds. The minimum absolute atomic E-state index is 0.0128. The van der Waals surface area contributed by atoms with Gasteiger partial charge in [-0.2, -0.15) is 0 Å². The van der Waals surface area contributed by atoms with Crippen molar-refractivity contribution in [1.29, 1.82) is 0 Å². The highest BCUT2D eigenvalue weighted by Gasteiger charge is 2.17. The number of benzene rings is 2. The lowest BCUT2D eigenvalue weighted by atomic mass is 10.0. The van der Waals surface area contributed by atoms with Crippen molar-refractivity contribution in [1.82, 2.24) is 0 Å². The Morgan fingerprint density at radius 2 is 1.95 bits per heavy atom. The van der Waals surface area contributed by atoms with Crippen LogP contribution in [0.15, 0.2) is 48.5 Å². The van der Waals surface area contributed by atoms with Gasteiger partial charge >= 0.3 is 0 Å². The zero-order chi connectivity index (χ0) is 13.9. The van der Waals surface area contributed by atoms with Gasteiger partial charge in [-0.3, -0.25) is 9.59 Å². The molecule has 0 aliphatic carbocycles. The highest BCUT2D eigenvalue weighted by Crippen LogP contribution is 2.28. The molecular formula is C16H13NO3. The number of anilines is 1. The molecule has 3 rings (SSSR count). The summed E-state index contributed by atoms with van der Waals surface area (Å²) in [5.74, 6) is 0.407. The molecule has 2 aromatic rings. The first-order valence-corrected chi connectivity index (χ1v) is 6.36. The molecule has 0 fully saturated rings. The monoisotopic (exact) mass is 267 g/mol. The van der Waals surface area contributed by atoms with E-state index in [9.17, 15) is 9.59 Å². The van der Waals surface area contributed by atoms with E-state index in [2.05, 4.69) is 5.32 Å². The summed E-state index contributed by atoms with van der Waals surface area (Å²) < 4.78 is 5.27. The number of rotatable bonds is 3. The van der Waals surface area contributed by atoms with Crippen LogP contribution in [0.5, 0.6) is 5.75 Å². The normalized spacial score (nSPS) is 13.1. The van der Waals surface area contributed by atoms with Gasteiger partial charge in [0.15, 0.2) is 12.4 Å². The van der Waals surface area contributed by atoms with Gasteiger partial charge in [-0.15, -0.1) is 0 Å². The van der Waals surface area contributed by atoms with Crippen LogP contribution in [-0.2, 0) is 11.2 Å². The lowest BCUT2D eigenvalue weighted by molar-refractivity contribution is -0.118. The molecule has 4 heteroatoms. The Morgan fingerprint density at radius 1 is 1.15 bits per heavy atom. The zero-order valence-corrected chi connectivity index (χ0v) is 10.8. The summed E-state index contributed by atoms with van der Waals surface area (Å²) in [7, 11) is 0. The van der Waals surface area contributed by atoms with E-state index in [1.165, 1.54) is 0 Å². The number of hydrogen-bond acceptors (Lipinski definition) is 3. The van der Waals surface area contributed by atoms with Gasteiger partial charge in [-0.25, -0.2) is 0 Å². The molecule has 1 N–H and O–H groups in total. The van der Waals surface area contributed by atoms with Crippen LogP contribution in [-0.4, -0.2) is 18.3 Å². The third-order valence-corrected chi connectivity index (χ3v) is 3.14. The minimum Gasteiger partial charge on any atom is -0.482 e. The Labute approximate surface area is 116 Å². The van der Waals surface area contributed by atoms with Gasteiger partial charge in [0, 0.05) is 12.0 Å². The summed E-state index contributed by atoms with van der Waals surface area (Å²) in [5.41, 5.74) is 2.09. The van der Waals surface area contributed by atoms with E-state index >= 15 is 0 Å². The second-order valence-electron chi connectivity index (χ2n) is 4.63. The predicted octanol–water partition coefficient (Wildman–Crippen LogP) is 2.44. The Hall–Kier alpha value is -2.62. The van der Waals surface area contributed by atoms with Crippen molar-refractivity contribution >= 4 is 17.4 Å². The summed E-state index contributed by atoms with van der Waals surface area (Å²) in [6, 6.07) is 14.7. The van der Waals surface area contributed by atoms with Gasteiger partial charge in [0.05, 0.1) is 5.69 Å². The van der Waals surface area contributed by atoms with Crippen LogP contribution in [0.2, 0.25) is 0 Å². The molecule has 1 heterocycles. The van der Waals surface area contributed by atoms with E-state index in [1.807, 2.05) is 30.3 Å². The maximum Gasteiger partial charge on any atom is 0.262 e. The first-order chi connectivity index (χ1) is 9.72. The predicted molar refractivity (Wildman–Crippen MR) is 75.0 cm³/mol. The van der Waals surface area contributed by atoms with E-state index in [-0.39, 0.29) is 18.3 Å².